The van der Waals surface area contributed by atoms with E-state index in [9.17, 15) is 4.79 Å². The number of fused-ring (bicyclic) bond motifs is 1. The van der Waals surface area contributed by atoms with Gasteiger partial charge in [-0.2, -0.15) is 15.4 Å². The summed E-state index contributed by atoms with van der Waals surface area (Å²) in [5.41, 5.74) is 8.86. The van der Waals surface area contributed by atoms with Gasteiger partial charge in [-0.3, -0.25) is 9.63 Å². The number of amides is 1. The maximum atomic E-state index is 11.9. The van der Waals surface area contributed by atoms with Crippen LogP contribution in [0.5, 0.6) is 0 Å². The number of hydrogen-bond acceptors (Lipinski definition) is 6. The van der Waals surface area contributed by atoms with E-state index in [2.05, 4.69) is 23.0 Å². The van der Waals surface area contributed by atoms with Crippen LogP contribution in [0.25, 0.3) is 16.6 Å². The topological polar surface area (TPSA) is 114 Å². The highest BCUT2D eigenvalue weighted by Gasteiger charge is 2.18. The van der Waals surface area contributed by atoms with Crippen LogP contribution in [0.2, 0.25) is 0 Å². The number of carbonyl (C=O) groups is 2. The van der Waals surface area contributed by atoms with E-state index in [-0.39, 0.29) is 18.2 Å². The Morgan fingerprint density at radius 3 is 2.81 bits per heavy atom. The van der Waals surface area contributed by atoms with Gasteiger partial charge in [0, 0.05) is 31.0 Å². The van der Waals surface area contributed by atoms with Gasteiger partial charge in [-0.05, 0) is 35.9 Å². The van der Waals surface area contributed by atoms with Gasteiger partial charge in [0.2, 0.25) is 0 Å². The fraction of sp³-hybridized carbons (Fsp3) is 0.217. The molecule has 31 heavy (non-hydrogen) atoms. The Kier molecular flexibility index (Phi) is 6.78. The minimum absolute atomic E-state index is 0.103. The molecular weight excluding hydrogens is 394 g/mol. The molecule has 2 N–H and O–H groups in total. The van der Waals surface area contributed by atoms with E-state index >= 15 is 0 Å². The Morgan fingerprint density at radius 1 is 1.32 bits per heavy atom. The van der Waals surface area contributed by atoms with E-state index in [0.717, 1.165) is 35.3 Å². The molecule has 8 nitrogen and oxygen atoms in total. The first-order valence-electron chi connectivity index (χ1n) is 9.52. The maximum absolute atomic E-state index is 11.9. The number of primary amides is 1. The molecule has 1 fully saturated rings. The van der Waals surface area contributed by atoms with Crippen LogP contribution in [0.15, 0.2) is 42.5 Å². The first-order chi connectivity index (χ1) is 15.0. The summed E-state index contributed by atoms with van der Waals surface area (Å²) in [5.74, 6) is 5.68. The highest BCUT2D eigenvalue weighted by atomic mass is 16.7. The lowest BCUT2D eigenvalue weighted by molar-refractivity contribution is -0.108. The zero-order valence-corrected chi connectivity index (χ0v) is 17.0. The van der Waals surface area contributed by atoms with E-state index < -0.39 is 5.91 Å². The summed E-state index contributed by atoms with van der Waals surface area (Å²) in [7, 11) is 1.89. The van der Waals surface area contributed by atoms with E-state index in [1.807, 2.05) is 50.2 Å². The van der Waals surface area contributed by atoms with Crippen LogP contribution in [0.1, 0.15) is 28.0 Å². The van der Waals surface area contributed by atoms with Crippen molar-refractivity contribution in [3.8, 4) is 23.6 Å². The molecule has 1 atom stereocenters. The Bertz CT molecular complexity index is 1220. The predicted octanol–water partition coefficient (Wildman–Crippen LogP) is 1.99. The number of aromatic nitrogens is 2. The lowest BCUT2D eigenvalue weighted by Crippen LogP contribution is -2.12. The van der Waals surface area contributed by atoms with Crippen molar-refractivity contribution < 1.29 is 14.4 Å². The molecule has 0 aliphatic carbocycles. The second-order valence-corrected chi connectivity index (χ2v) is 6.86. The predicted molar refractivity (Wildman–Crippen MR) is 115 cm³/mol. The number of carbonyl (C=O) groups excluding carboxylic acids is 2. The van der Waals surface area contributed by atoms with E-state index in [4.69, 9.17) is 20.6 Å². The number of nitrogens with two attached hydrogens (primary N) is 1. The number of nitrogens with zero attached hydrogens (tertiary/aromatic N) is 4. The van der Waals surface area contributed by atoms with Gasteiger partial charge in [-0.15, -0.1) is 0 Å². The monoisotopic (exact) mass is 415 g/mol. The Morgan fingerprint density at radius 2 is 2.13 bits per heavy atom. The smallest absolute Gasteiger partial charge is 0.269 e. The van der Waals surface area contributed by atoms with Crippen molar-refractivity contribution in [1.82, 2.24) is 14.8 Å². The third kappa shape index (κ3) is 4.78. The van der Waals surface area contributed by atoms with E-state index in [1.165, 1.54) is 0 Å². The molecule has 1 aliphatic heterocycles. The minimum atomic E-state index is -0.610. The fourth-order valence-electron chi connectivity index (χ4n) is 3.34. The van der Waals surface area contributed by atoms with Crippen LogP contribution in [0.4, 0.5) is 0 Å². The number of hydroxylamine groups is 2. The normalized spacial score (nSPS) is 15.4. The standard InChI is InChI=1S/C22H19N5O2.CH2O/c1-26-12-10-18(29-26)7-5-15-3-2-4-17(13-15)27-20-8-6-16(9-11-23)14-19(20)21(25-27)22(24)28;1-2/h2-4,6,8,13-14,18H,9-10,12H2,1H3,(H2,24,28);1H2/t18-;/m0./s1. The van der Waals surface area contributed by atoms with Crippen LogP contribution in [0, 0.1) is 23.2 Å². The van der Waals surface area contributed by atoms with Crippen molar-refractivity contribution >= 4 is 23.6 Å². The first-order valence-corrected chi connectivity index (χ1v) is 9.52. The van der Waals surface area contributed by atoms with Crippen LogP contribution < -0.4 is 5.73 Å². The molecule has 0 unspecified atom stereocenters. The summed E-state index contributed by atoms with van der Waals surface area (Å²) < 4.78 is 1.68. The maximum Gasteiger partial charge on any atom is 0.269 e. The molecular formula is C23H21N5O3. The zero-order chi connectivity index (χ0) is 22.4. The molecule has 1 aromatic heterocycles. The lowest BCUT2D eigenvalue weighted by Gasteiger charge is -2.06. The number of nitriles is 1. The van der Waals surface area contributed by atoms with Gasteiger partial charge in [0.25, 0.3) is 5.91 Å². The van der Waals surface area contributed by atoms with Gasteiger partial charge in [-0.1, -0.05) is 24.0 Å². The highest BCUT2D eigenvalue weighted by Crippen LogP contribution is 2.24. The summed E-state index contributed by atoms with van der Waals surface area (Å²) in [6.07, 6.45) is 1.03. The second-order valence-electron chi connectivity index (χ2n) is 6.86. The van der Waals surface area contributed by atoms with Crippen LogP contribution in [-0.4, -0.2) is 47.2 Å². The van der Waals surface area contributed by atoms with Crippen LogP contribution in [-0.2, 0) is 16.1 Å². The van der Waals surface area contributed by atoms with Crippen molar-refractivity contribution in [3.05, 3.63) is 59.3 Å². The second kappa shape index (κ2) is 9.68. The van der Waals surface area contributed by atoms with Crippen molar-refractivity contribution in [2.45, 2.75) is 18.9 Å². The molecule has 1 amide bonds. The fourth-order valence-corrected chi connectivity index (χ4v) is 3.34. The van der Waals surface area contributed by atoms with Crippen LogP contribution >= 0.6 is 0 Å². The first kappa shape index (κ1) is 21.7. The van der Waals surface area contributed by atoms with Gasteiger partial charge >= 0.3 is 0 Å². The van der Waals surface area contributed by atoms with E-state index in [1.54, 1.807) is 15.8 Å². The van der Waals surface area contributed by atoms with E-state index in [0.29, 0.717) is 5.39 Å². The highest BCUT2D eigenvalue weighted by molar-refractivity contribution is 6.04. The van der Waals surface area contributed by atoms with Crippen molar-refractivity contribution in [2.24, 2.45) is 5.73 Å². The van der Waals surface area contributed by atoms with Gasteiger partial charge in [-0.25, -0.2) is 4.68 Å². The van der Waals surface area contributed by atoms with Crippen molar-refractivity contribution in [2.75, 3.05) is 13.6 Å². The largest absolute Gasteiger partial charge is 0.364 e. The molecule has 2 aromatic carbocycles. The summed E-state index contributed by atoms with van der Waals surface area (Å²) >= 11 is 0. The molecule has 1 saturated heterocycles. The average Bonchev–Trinajstić information content (AvgIpc) is 3.37. The van der Waals surface area contributed by atoms with Gasteiger partial charge in [0.1, 0.15) is 12.9 Å². The number of rotatable bonds is 3. The summed E-state index contributed by atoms with van der Waals surface area (Å²) in [4.78, 5) is 25.5. The molecule has 1 aliphatic rings. The Labute approximate surface area is 179 Å². The van der Waals surface area contributed by atoms with Gasteiger partial charge < -0.3 is 10.5 Å². The molecule has 2 heterocycles. The van der Waals surface area contributed by atoms with Gasteiger partial charge in [0.05, 0.1) is 23.7 Å². The van der Waals surface area contributed by atoms with Crippen LogP contribution in [0.3, 0.4) is 0 Å². The van der Waals surface area contributed by atoms with Crippen molar-refractivity contribution in [1.29, 1.82) is 5.26 Å². The lowest BCUT2D eigenvalue weighted by atomic mass is 10.1. The average molecular weight is 415 g/mol. The molecule has 0 spiro atoms. The summed E-state index contributed by atoms with van der Waals surface area (Å²) in [6, 6.07) is 15.2. The zero-order valence-electron chi connectivity index (χ0n) is 17.0. The molecule has 156 valence electrons. The number of hydrogen-bond donors (Lipinski definition) is 1. The Hall–Kier alpha value is -3.98. The quantitative estimate of drug-likeness (QED) is 0.655. The molecule has 0 bridgehead atoms. The third-order valence-corrected chi connectivity index (χ3v) is 4.74. The molecule has 0 saturated carbocycles. The number of benzene rings is 2. The molecule has 4 rings (SSSR count). The molecule has 0 radical (unpaired) electrons. The minimum Gasteiger partial charge on any atom is -0.364 e. The SMILES string of the molecule is C=O.CN1CC[C@H](C#Cc2cccc(-n3nc(C(N)=O)c4cc(CC#N)ccc43)c2)O1. The van der Waals surface area contributed by atoms with Gasteiger partial charge in [0.15, 0.2) is 5.69 Å². The Balaban J connectivity index is 0.00000132. The summed E-state index contributed by atoms with van der Waals surface area (Å²) in [5, 5.41) is 15.8. The molecule has 3 aromatic rings. The van der Waals surface area contributed by atoms with Crippen molar-refractivity contribution in [3.63, 3.8) is 0 Å². The summed E-state index contributed by atoms with van der Waals surface area (Å²) in [6.45, 7) is 2.86. The third-order valence-electron chi connectivity index (χ3n) is 4.74. The molecule has 8 heteroatoms.